The fraction of sp³-hybridized carbons (Fsp3) is 0.280. The lowest BCUT2D eigenvalue weighted by atomic mass is 10.2. The Bertz CT molecular complexity index is 1460. The van der Waals surface area contributed by atoms with Gasteiger partial charge in [-0.2, -0.15) is 13.2 Å². The molecule has 4 N–H and O–H groups in total. The molecule has 0 aliphatic carbocycles. The van der Waals surface area contributed by atoms with Gasteiger partial charge in [0.15, 0.2) is 17.0 Å². The number of alkyl halides is 3. The van der Waals surface area contributed by atoms with Crippen LogP contribution in [0.2, 0.25) is 5.02 Å². The van der Waals surface area contributed by atoms with Gasteiger partial charge in [-0.15, -0.1) is 0 Å². The van der Waals surface area contributed by atoms with Crippen molar-refractivity contribution in [1.29, 1.82) is 0 Å². The smallest absolute Gasteiger partial charge is 0.379 e. The molecule has 1 aliphatic rings. The Morgan fingerprint density at radius 1 is 1.08 bits per heavy atom. The minimum atomic E-state index is -4.62. The number of ether oxygens (including phenoxy) is 1. The lowest BCUT2D eigenvalue weighted by Gasteiger charge is -2.26. The Kier molecular flexibility index (Phi) is 7.93. The number of benzene rings is 2. The van der Waals surface area contributed by atoms with Crippen LogP contribution >= 0.6 is 11.6 Å². The van der Waals surface area contributed by atoms with Gasteiger partial charge in [0, 0.05) is 49.7 Å². The van der Waals surface area contributed by atoms with Crippen molar-refractivity contribution in [3.05, 3.63) is 65.7 Å². The lowest BCUT2D eigenvalue weighted by Crippen LogP contribution is -2.83. The van der Waals surface area contributed by atoms with Crippen molar-refractivity contribution in [2.24, 2.45) is 0 Å². The minimum Gasteiger partial charge on any atom is -0.379 e. The van der Waals surface area contributed by atoms with E-state index in [1.54, 1.807) is 35.2 Å². The van der Waals surface area contributed by atoms with Gasteiger partial charge in [0.05, 0.1) is 23.8 Å². The van der Waals surface area contributed by atoms with E-state index in [1.165, 1.54) is 12.4 Å². The molecule has 0 spiro atoms. The number of imidazole rings is 1. The number of urea groups is 1. The molecule has 1 fully saturated rings. The summed E-state index contributed by atoms with van der Waals surface area (Å²) in [5.74, 6) is 0.641. The van der Waals surface area contributed by atoms with Crippen LogP contribution in [-0.4, -0.2) is 69.8 Å². The van der Waals surface area contributed by atoms with E-state index in [-0.39, 0.29) is 5.69 Å². The molecule has 5 rings (SSSR count). The summed E-state index contributed by atoms with van der Waals surface area (Å²) < 4.78 is 46.4. The van der Waals surface area contributed by atoms with Crippen molar-refractivity contribution in [3.63, 3.8) is 0 Å². The average molecular weight is 562 g/mol. The Morgan fingerprint density at radius 3 is 2.59 bits per heavy atom. The first-order valence-electron chi connectivity index (χ1n) is 12.1. The van der Waals surface area contributed by atoms with E-state index in [0.29, 0.717) is 29.2 Å². The minimum absolute atomic E-state index is 0.0831. The summed E-state index contributed by atoms with van der Waals surface area (Å²) in [4.78, 5) is 27.9. The zero-order valence-corrected chi connectivity index (χ0v) is 21.3. The van der Waals surface area contributed by atoms with Crippen LogP contribution < -0.4 is 16.0 Å². The molecule has 1 aliphatic heterocycles. The maximum Gasteiger partial charge on any atom is 0.422 e. The number of halogens is 4. The molecule has 204 valence electrons. The maximum absolute atomic E-state index is 13.1. The number of amides is 2. The normalized spacial score (nSPS) is 14.5. The first-order valence-corrected chi connectivity index (χ1v) is 12.5. The molecule has 0 radical (unpaired) electrons. The first-order chi connectivity index (χ1) is 18.8. The van der Waals surface area contributed by atoms with Crippen LogP contribution in [0.4, 0.5) is 35.2 Å². The number of rotatable bonds is 7. The molecule has 2 aromatic heterocycles. The van der Waals surface area contributed by atoms with Gasteiger partial charge >= 0.3 is 12.2 Å². The summed E-state index contributed by atoms with van der Waals surface area (Å²) in [5.41, 5.74) is 1.56. The topological polar surface area (TPSA) is 114 Å². The van der Waals surface area contributed by atoms with E-state index in [1.807, 2.05) is 0 Å². The molecular weight excluding hydrogens is 537 g/mol. The van der Waals surface area contributed by atoms with Crippen LogP contribution in [0.25, 0.3) is 16.9 Å². The predicted octanol–water partition coefficient (Wildman–Crippen LogP) is 3.66. The SMILES string of the molecule is O=C(Nc1ccc(-n2cnc3c(NCCN4CCOCC4)ncnc32)cc1)[NH2+]c1ccc(Cl)c(C(F)(F)F)c1. The number of quaternary nitrogens is 1. The average Bonchev–Trinajstić information content (AvgIpc) is 3.35. The van der Waals surface area contributed by atoms with Crippen molar-refractivity contribution >= 4 is 46.0 Å². The molecule has 3 heterocycles. The quantitative estimate of drug-likeness (QED) is 0.295. The van der Waals surface area contributed by atoms with Crippen LogP contribution in [0.1, 0.15) is 5.56 Å². The van der Waals surface area contributed by atoms with E-state index < -0.39 is 22.8 Å². The number of primary amides is 1. The van der Waals surface area contributed by atoms with E-state index in [9.17, 15) is 18.0 Å². The molecule has 39 heavy (non-hydrogen) atoms. The highest BCUT2D eigenvalue weighted by Gasteiger charge is 2.34. The molecule has 1 saturated heterocycles. The highest BCUT2D eigenvalue weighted by molar-refractivity contribution is 6.31. The number of carbonyl (C=O) groups excluding carboxylic acids is 1. The first kappa shape index (κ1) is 26.8. The summed E-state index contributed by atoms with van der Waals surface area (Å²) in [6.45, 7) is 4.87. The zero-order chi connectivity index (χ0) is 27.4. The molecular formula is C25H25ClF3N8O2+. The Hall–Kier alpha value is -3.78. The summed E-state index contributed by atoms with van der Waals surface area (Å²) in [5, 5.41) is 6.64. The number of hydrogen-bond donors (Lipinski definition) is 3. The summed E-state index contributed by atoms with van der Waals surface area (Å²) >= 11 is 5.64. The van der Waals surface area contributed by atoms with Crippen molar-refractivity contribution in [3.8, 4) is 5.69 Å². The van der Waals surface area contributed by atoms with Crippen LogP contribution in [0.15, 0.2) is 55.1 Å². The summed E-state index contributed by atoms with van der Waals surface area (Å²) in [6, 6.07) is 9.62. The largest absolute Gasteiger partial charge is 0.422 e. The molecule has 0 atom stereocenters. The molecule has 14 heteroatoms. The molecule has 0 bridgehead atoms. The second kappa shape index (κ2) is 11.5. The Labute approximate surface area is 226 Å². The van der Waals surface area contributed by atoms with Gasteiger partial charge in [0.25, 0.3) is 0 Å². The van der Waals surface area contributed by atoms with Crippen molar-refractivity contribution in [2.45, 2.75) is 6.18 Å². The van der Waals surface area contributed by atoms with E-state index in [2.05, 4.69) is 30.5 Å². The van der Waals surface area contributed by atoms with Crippen molar-refractivity contribution < 1.29 is 28.0 Å². The van der Waals surface area contributed by atoms with Crippen molar-refractivity contribution in [2.75, 3.05) is 50.0 Å². The Morgan fingerprint density at radius 2 is 1.85 bits per heavy atom. The summed E-state index contributed by atoms with van der Waals surface area (Å²) in [7, 11) is 0. The van der Waals surface area contributed by atoms with Crippen LogP contribution in [0.5, 0.6) is 0 Å². The fourth-order valence-corrected chi connectivity index (χ4v) is 4.42. The van der Waals surface area contributed by atoms with Gasteiger partial charge in [-0.1, -0.05) is 11.6 Å². The fourth-order valence-electron chi connectivity index (χ4n) is 4.20. The maximum atomic E-state index is 13.1. The number of fused-ring (bicyclic) bond motifs is 1. The van der Waals surface area contributed by atoms with E-state index in [4.69, 9.17) is 16.3 Å². The number of aromatic nitrogens is 4. The molecule has 10 nitrogen and oxygen atoms in total. The van der Waals surface area contributed by atoms with Gasteiger partial charge in [-0.3, -0.25) is 14.8 Å². The third-order valence-electron chi connectivity index (χ3n) is 6.16. The molecule has 4 aromatic rings. The third kappa shape index (κ3) is 6.45. The van der Waals surface area contributed by atoms with Crippen LogP contribution in [-0.2, 0) is 10.9 Å². The number of hydrogen-bond acceptors (Lipinski definition) is 7. The lowest BCUT2D eigenvalue weighted by molar-refractivity contribution is -0.459. The van der Waals surface area contributed by atoms with Crippen LogP contribution in [0, 0.1) is 0 Å². The molecule has 0 saturated carbocycles. The van der Waals surface area contributed by atoms with E-state index in [0.717, 1.165) is 56.0 Å². The highest BCUT2D eigenvalue weighted by Crippen LogP contribution is 2.35. The molecule has 2 aromatic carbocycles. The second-order valence-corrected chi connectivity index (χ2v) is 9.21. The van der Waals surface area contributed by atoms with Gasteiger partial charge in [-0.05, 0) is 30.3 Å². The zero-order valence-electron chi connectivity index (χ0n) is 20.6. The number of carbonyl (C=O) groups is 1. The Balaban J connectivity index is 1.23. The standard InChI is InChI=1S/C25H24ClF3N8O2/c26-20-6-3-17(13-19(20)25(27,28)29)35-24(38)34-16-1-4-18(5-2-16)37-15-33-21-22(31-14-32-23(21)37)30-7-8-36-9-11-39-12-10-36/h1-6,13-15H,7-12H2,(H,30,31,32)(H2,34,35,38)/p+1. The summed E-state index contributed by atoms with van der Waals surface area (Å²) in [6.07, 6.45) is -1.50. The predicted molar refractivity (Wildman–Crippen MR) is 139 cm³/mol. The van der Waals surface area contributed by atoms with Gasteiger partial charge in [-0.25, -0.2) is 25.1 Å². The monoisotopic (exact) mass is 561 g/mol. The number of nitrogens with two attached hydrogens (primary N) is 1. The van der Waals surface area contributed by atoms with Crippen molar-refractivity contribution in [1.82, 2.24) is 24.4 Å². The van der Waals surface area contributed by atoms with Gasteiger partial charge < -0.3 is 10.1 Å². The van der Waals surface area contributed by atoms with Crippen LogP contribution in [0.3, 0.4) is 0 Å². The number of nitrogens with zero attached hydrogens (tertiary/aromatic N) is 5. The second-order valence-electron chi connectivity index (χ2n) is 8.81. The van der Waals surface area contributed by atoms with Gasteiger partial charge in [0.2, 0.25) is 0 Å². The number of nitrogens with one attached hydrogen (secondary N) is 2. The molecule has 0 unspecified atom stereocenters. The highest BCUT2D eigenvalue weighted by atomic mass is 35.5. The van der Waals surface area contributed by atoms with E-state index >= 15 is 0 Å². The molecule has 2 amide bonds. The number of morpholine rings is 1. The number of anilines is 2. The van der Waals surface area contributed by atoms with Gasteiger partial charge in [0.1, 0.15) is 18.3 Å². The third-order valence-corrected chi connectivity index (χ3v) is 6.49.